The number of benzene rings is 1. The third-order valence-corrected chi connectivity index (χ3v) is 4.83. The quantitative estimate of drug-likeness (QED) is 0.777. The number of morpholine rings is 1. The van der Waals surface area contributed by atoms with Crippen molar-refractivity contribution >= 4 is 25.3 Å². The Labute approximate surface area is 145 Å². The first-order valence-corrected chi connectivity index (χ1v) is 8.82. The van der Waals surface area contributed by atoms with E-state index in [1.807, 2.05) is 23.1 Å². The standard InChI is InChI=1S/C19H25BN2O2/c20-18-3-1-2-17(14-18)5-4-16-6-8-22(9-7-16)19(23)15-21-10-12-24-13-11-21/h1-5,14,16H,6-13,15H2/b5-4-. The van der Waals surface area contributed by atoms with Gasteiger partial charge in [0.15, 0.2) is 0 Å². The highest BCUT2D eigenvalue weighted by atomic mass is 16.5. The number of nitrogens with zero attached hydrogens (tertiary/aromatic N) is 2. The Bertz CT molecular complexity index is 576. The van der Waals surface area contributed by atoms with E-state index < -0.39 is 0 Å². The Hall–Kier alpha value is -1.59. The van der Waals surface area contributed by atoms with E-state index in [0.717, 1.165) is 63.3 Å². The smallest absolute Gasteiger partial charge is 0.236 e. The highest BCUT2D eigenvalue weighted by Gasteiger charge is 2.23. The lowest BCUT2D eigenvalue weighted by Gasteiger charge is -2.33. The first-order chi connectivity index (χ1) is 11.7. The molecule has 24 heavy (non-hydrogen) atoms. The summed E-state index contributed by atoms with van der Waals surface area (Å²) in [5, 5.41) is 0. The number of ether oxygens (including phenoxy) is 1. The zero-order valence-electron chi connectivity index (χ0n) is 14.2. The van der Waals surface area contributed by atoms with E-state index in [4.69, 9.17) is 12.6 Å². The van der Waals surface area contributed by atoms with E-state index in [1.165, 1.54) is 0 Å². The van der Waals surface area contributed by atoms with Crippen LogP contribution < -0.4 is 5.46 Å². The summed E-state index contributed by atoms with van der Waals surface area (Å²) in [7, 11) is 5.81. The molecule has 3 rings (SSSR count). The van der Waals surface area contributed by atoms with E-state index >= 15 is 0 Å². The molecule has 0 saturated carbocycles. The zero-order valence-corrected chi connectivity index (χ0v) is 14.2. The van der Waals surface area contributed by atoms with Gasteiger partial charge in [-0.25, -0.2) is 0 Å². The van der Waals surface area contributed by atoms with Crippen molar-refractivity contribution in [1.82, 2.24) is 9.80 Å². The summed E-state index contributed by atoms with van der Waals surface area (Å²) >= 11 is 0. The molecule has 2 aliphatic rings. The minimum Gasteiger partial charge on any atom is -0.379 e. The van der Waals surface area contributed by atoms with Crippen LogP contribution in [0.15, 0.2) is 30.3 Å². The monoisotopic (exact) mass is 324 g/mol. The van der Waals surface area contributed by atoms with E-state index in [0.29, 0.717) is 12.5 Å². The minimum absolute atomic E-state index is 0.259. The highest BCUT2D eigenvalue weighted by molar-refractivity contribution is 6.32. The molecule has 2 aliphatic heterocycles. The van der Waals surface area contributed by atoms with E-state index in [1.54, 1.807) is 0 Å². The van der Waals surface area contributed by atoms with Gasteiger partial charge in [-0.05, 0) is 24.3 Å². The van der Waals surface area contributed by atoms with Gasteiger partial charge in [-0.1, -0.05) is 41.9 Å². The first kappa shape index (κ1) is 17.2. The van der Waals surface area contributed by atoms with Gasteiger partial charge < -0.3 is 9.64 Å². The third kappa shape index (κ3) is 4.95. The third-order valence-electron chi connectivity index (χ3n) is 4.83. The molecule has 4 nitrogen and oxygen atoms in total. The Morgan fingerprint density at radius 1 is 1.21 bits per heavy atom. The van der Waals surface area contributed by atoms with Crippen molar-refractivity contribution in [3.63, 3.8) is 0 Å². The number of hydrogen-bond donors (Lipinski definition) is 0. The van der Waals surface area contributed by atoms with Crippen LogP contribution in [0.4, 0.5) is 0 Å². The number of likely N-dealkylation sites (tertiary alicyclic amines) is 1. The molecule has 0 spiro atoms. The van der Waals surface area contributed by atoms with Gasteiger partial charge in [-0.3, -0.25) is 9.69 Å². The predicted molar refractivity (Wildman–Crippen MR) is 97.4 cm³/mol. The van der Waals surface area contributed by atoms with Crippen LogP contribution in [-0.2, 0) is 9.53 Å². The SMILES string of the molecule is [B]c1cccc(/C=C\C2CCN(C(=O)CN3CCOCC3)CC2)c1. The number of rotatable bonds is 4. The number of carbonyl (C=O) groups excluding carboxylic acids is 1. The molecular weight excluding hydrogens is 299 g/mol. The van der Waals surface area contributed by atoms with Crippen molar-refractivity contribution in [3.05, 3.63) is 35.9 Å². The van der Waals surface area contributed by atoms with Crippen LogP contribution in [0.1, 0.15) is 18.4 Å². The summed E-state index contributed by atoms with van der Waals surface area (Å²) in [6, 6.07) is 7.92. The van der Waals surface area contributed by atoms with Crippen molar-refractivity contribution < 1.29 is 9.53 Å². The zero-order chi connectivity index (χ0) is 16.8. The molecule has 0 unspecified atom stereocenters. The molecule has 2 radical (unpaired) electrons. The fourth-order valence-corrected chi connectivity index (χ4v) is 3.30. The topological polar surface area (TPSA) is 32.8 Å². The van der Waals surface area contributed by atoms with E-state index in [2.05, 4.69) is 23.1 Å². The van der Waals surface area contributed by atoms with Gasteiger partial charge in [0.05, 0.1) is 19.8 Å². The van der Waals surface area contributed by atoms with Crippen LogP contribution in [0.5, 0.6) is 0 Å². The average Bonchev–Trinajstić information content (AvgIpc) is 2.61. The van der Waals surface area contributed by atoms with Crippen LogP contribution in [-0.4, -0.2) is 69.5 Å². The van der Waals surface area contributed by atoms with Gasteiger partial charge in [0, 0.05) is 26.2 Å². The first-order valence-electron chi connectivity index (χ1n) is 8.82. The summed E-state index contributed by atoms with van der Waals surface area (Å²) in [4.78, 5) is 16.6. The Morgan fingerprint density at radius 2 is 1.96 bits per heavy atom. The lowest BCUT2D eigenvalue weighted by atomic mass is 9.92. The second-order valence-corrected chi connectivity index (χ2v) is 6.64. The Morgan fingerprint density at radius 3 is 2.67 bits per heavy atom. The fraction of sp³-hybridized carbons (Fsp3) is 0.526. The molecule has 5 heteroatoms. The van der Waals surface area contributed by atoms with Crippen molar-refractivity contribution in [2.75, 3.05) is 45.9 Å². The maximum Gasteiger partial charge on any atom is 0.236 e. The molecule has 1 aromatic rings. The molecule has 0 aromatic heterocycles. The molecule has 2 heterocycles. The van der Waals surface area contributed by atoms with Crippen molar-refractivity contribution in [2.24, 2.45) is 5.92 Å². The number of carbonyl (C=O) groups is 1. The highest BCUT2D eigenvalue weighted by Crippen LogP contribution is 2.20. The summed E-state index contributed by atoms with van der Waals surface area (Å²) < 4.78 is 5.33. The molecule has 0 atom stereocenters. The largest absolute Gasteiger partial charge is 0.379 e. The molecule has 1 amide bonds. The Balaban J connectivity index is 1.44. The van der Waals surface area contributed by atoms with Crippen LogP contribution in [0.3, 0.4) is 0 Å². The van der Waals surface area contributed by atoms with Gasteiger partial charge in [0.2, 0.25) is 5.91 Å². The molecule has 0 aliphatic carbocycles. The maximum atomic E-state index is 12.4. The molecule has 2 fully saturated rings. The predicted octanol–water partition coefficient (Wildman–Crippen LogP) is 1.06. The van der Waals surface area contributed by atoms with Gasteiger partial charge in [-0.2, -0.15) is 0 Å². The van der Waals surface area contributed by atoms with Crippen LogP contribution in [0.2, 0.25) is 0 Å². The normalized spacial score (nSPS) is 20.6. The fourth-order valence-electron chi connectivity index (χ4n) is 3.30. The van der Waals surface area contributed by atoms with Gasteiger partial charge in [0.25, 0.3) is 0 Å². The van der Waals surface area contributed by atoms with Crippen LogP contribution >= 0.6 is 0 Å². The molecular formula is C19H25BN2O2. The van der Waals surface area contributed by atoms with Crippen molar-refractivity contribution in [2.45, 2.75) is 12.8 Å². The molecule has 2 saturated heterocycles. The number of piperidine rings is 1. The van der Waals surface area contributed by atoms with Crippen molar-refractivity contribution in [3.8, 4) is 0 Å². The van der Waals surface area contributed by atoms with Gasteiger partial charge in [-0.15, -0.1) is 0 Å². The van der Waals surface area contributed by atoms with Crippen LogP contribution in [0.25, 0.3) is 6.08 Å². The van der Waals surface area contributed by atoms with Gasteiger partial charge >= 0.3 is 0 Å². The number of allylic oxidation sites excluding steroid dienone is 1. The van der Waals surface area contributed by atoms with E-state index in [9.17, 15) is 4.79 Å². The van der Waals surface area contributed by atoms with E-state index in [-0.39, 0.29) is 5.91 Å². The summed E-state index contributed by atoms with van der Waals surface area (Å²) in [6.07, 6.45) is 6.48. The summed E-state index contributed by atoms with van der Waals surface area (Å²) in [5.41, 5.74) is 1.93. The van der Waals surface area contributed by atoms with Gasteiger partial charge in [0.1, 0.15) is 7.85 Å². The number of hydrogen-bond acceptors (Lipinski definition) is 3. The minimum atomic E-state index is 0.259. The summed E-state index contributed by atoms with van der Waals surface area (Å²) in [6.45, 7) is 5.46. The summed E-state index contributed by atoms with van der Waals surface area (Å²) in [5.74, 6) is 0.800. The Kier molecular flexibility index (Phi) is 6.10. The second kappa shape index (κ2) is 8.49. The molecule has 0 bridgehead atoms. The second-order valence-electron chi connectivity index (χ2n) is 6.64. The lowest BCUT2D eigenvalue weighted by molar-refractivity contribution is -0.134. The average molecular weight is 324 g/mol. The maximum absolute atomic E-state index is 12.4. The molecule has 0 N–H and O–H groups in total. The van der Waals surface area contributed by atoms with Crippen LogP contribution in [0, 0.1) is 5.92 Å². The lowest BCUT2D eigenvalue weighted by Crippen LogP contribution is -2.46. The molecule has 126 valence electrons. The molecule has 1 aromatic carbocycles. The number of amides is 1. The van der Waals surface area contributed by atoms with Crippen molar-refractivity contribution in [1.29, 1.82) is 0 Å².